The molecule has 5 aliphatic rings. The molecule has 438 valence electrons. The number of benzene rings is 2. The minimum absolute atomic E-state index is 0. The first-order chi connectivity index (χ1) is 30.7. The highest BCUT2D eigenvalue weighted by atomic mass is 127. The van der Waals surface area contributed by atoms with Gasteiger partial charge in [0.05, 0.1) is 26.9 Å². The van der Waals surface area contributed by atoms with E-state index in [1.165, 1.54) is 63.7 Å². The summed E-state index contributed by atoms with van der Waals surface area (Å²) in [5, 5.41) is 18.7. The van der Waals surface area contributed by atoms with Crippen molar-refractivity contribution in [1.82, 2.24) is 0 Å². The second kappa shape index (κ2) is 34.7. The molecule has 10 heteroatoms. The first-order valence-electron chi connectivity index (χ1n) is 25.2. The average molecular weight is 1160 g/mol. The van der Waals surface area contributed by atoms with Crippen molar-refractivity contribution in [2.24, 2.45) is 51.8 Å². The van der Waals surface area contributed by atoms with Crippen LogP contribution in [0.25, 0.3) is 0 Å². The number of aromatic hydroxyl groups is 2. The molecule has 1 unspecified atom stereocenters. The van der Waals surface area contributed by atoms with E-state index in [0.29, 0.717) is 56.8 Å². The van der Waals surface area contributed by atoms with E-state index in [-0.39, 0.29) is 105 Å². The van der Waals surface area contributed by atoms with Gasteiger partial charge in [0.1, 0.15) is 22.7 Å². The number of halogens is 1. The van der Waals surface area contributed by atoms with Crippen LogP contribution >= 0.6 is 22.6 Å². The van der Waals surface area contributed by atoms with Gasteiger partial charge in [-0.25, -0.2) is 0 Å². The standard InChI is InChI=1S/C19H32O2.C14H26O2.C13H17IO4.C10H14O.8CH4/c1-6-18(4,5)17(20)21-19(12(2)3)15-8-13-7-14(10-15)11-16(19)9-13;1-6-13(4,5)12(15)16-14(11(2)3)9-7-8-10-14;1-5-13(2,3)12(16)18-8-6-9(14)11(15)10(7-8)17-4;1-3-8(2)9-4-6-10(11)7-5-9;;;;;;;;/h12-16H,6-11H2,1-5H3;11H,6-10H2,1-5H3;6-7,15H,5H2,1-4H3;4-8,11H,3H2,1-2H3;8*1H4. The summed E-state index contributed by atoms with van der Waals surface area (Å²) in [7, 11) is 1.45. The van der Waals surface area contributed by atoms with Crippen molar-refractivity contribution in [2.45, 2.75) is 264 Å². The third-order valence-corrected chi connectivity index (χ3v) is 17.0. The maximum atomic E-state index is 12.8. The van der Waals surface area contributed by atoms with Gasteiger partial charge in [0.25, 0.3) is 0 Å². The number of hydrogen-bond acceptors (Lipinski definition) is 9. The van der Waals surface area contributed by atoms with Crippen LogP contribution < -0.4 is 9.47 Å². The number of carbonyl (C=O) groups is 3. The SMILES string of the molecule is C.C.C.C.C.C.C.C.CCC(C)(C)C(=O)OC1(C(C)C)C2CC3CC(C2)CC1C3.CCC(C)(C)C(=O)OC1(C(C)C)CCCC1.CCC(C)(C)C(=O)Oc1cc(I)c(O)c(OC)c1.CCC(C)c1ccc(O)cc1. The molecule has 1 atom stereocenters. The van der Waals surface area contributed by atoms with E-state index in [1.54, 1.807) is 18.2 Å². The lowest BCUT2D eigenvalue weighted by Gasteiger charge is -2.62. The van der Waals surface area contributed by atoms with Crippen LogP contribution in [0.3, 0.4) is 0 Å². The third-order valence-electron chi connectivity index (χ3n) is 16.2. The number of phenols is 2. The molecule has 2 aromatic rings. The smallest absolute Gasteiger partial charge is 0.316 e. The second-order valence-corrected chi connectivity index (χ2v) is 23.6. The van der Waals surface area contributed by atoms with Crippen molar-refractivity contribution in [3.05, 3.63) is 45.5 Å². The lowest BCUT2D eigenvalue weighted by Crippen LogP contribution is -2.63. The highest BCUT2D eigenvalue weighted by Crippen LogP contribution is 2.62. The highest BCUT2D eigenvalue weighted by molar-refractivity contribution is 14.1. The van der Waals surface area contributed by atoms with Crippen molar-refractivity contribution in [1.29, 1.82) is 0 Å². The average Bonchev–Trinajstić information content (AvgIpc) is 3.76. The van der Waals surface area contributed by atoms with Gasteiger partial charge in [-0.15, -0.1) is 0 Å². The zero-order valence-corrected chi connectivity index (χ0v) is 46.0. The Hall–Kier alpha value is -3.02. The number of rotatable bonds is 14. The maximum Gasteiger partial charge on any atom is 0.316 e. The third kappa shape index (κ3) is 20.4. The van der Waals surface area contributed by atoms with Crippen LogP contribution in [0.2, 0.25) is 0 Å². The van der Waals surface area contributed by atoms with Crippen LogP contribution in [0.4, 0.5) is 0 Å². The highest BCUT2D eigenvalue weighted by Gasteiger charge is 2.61. The quantitative estimate of drug-likeness (QED) is 0.108. The maximum absolute atomic E-state index is 12.8. The molecule has 0 aromatic heterocycles. The van der Waals surface area contributed by atoms with Crippen LogP contribution in [0.15, 0.2) is 36.4 Å². The number of hydrogen-bond donors (Lipinski definition) is 2. The lowest BCUT2D eigenvalue weighted by atomic mass is 9.47. The molecule has 0 radical (unpaired) electrons. The van der Waals surface area contributed by atoms with Crippen molar-refractivity contribution in [3.8, 4) is 23.0 Å². The second-order valence-electron chi connectivity index (χ2n) is 22.5. The summed E-state index contributed by atoms with van der Waals surface area (Å²) in [6, 6.07) is 10.5. The first-order valence-corrected chi connectivity index (χ1v) is 26.3. The minimum Gasteiger partial charge on any atom is -0.508 e. The Morgan fingerprint density at radius 1 is 0.622 bits per heavy atom. The predicted octanol–water partition coefficient (Wildman–Crippen LogP) is 20.1. The van der Waals surface area contributed by atoms with Crippen LogP contribution in [-0.4, -0.2) is 46.4 Å². The summed E-state index contributed by atoms with van der Waals surface area (Å²) in [5.41, 5.74) is -0.275. The molecular formula is C64H121IO9. The zero-order valence-electron chi connectivity index (χ0n) is 43.8. The molecule has 0 amide bonds. The molecule has 0 aliphatic heterocycles. The summed E-state index contributed by atoms with van der Waals surface area (Å²) in [5.74, 6) is 5.28. The van der Waals surface area contributed by atoms with E-state index in [9.17, 15) is 19.5 Å². The Bertz CT molecular complexity index is 1850. The molecule has 0 spiro atoms. The van der Waals surface area contributed by atoms with Crippen molar-refractivity contribution >= 4 is 40.5 Å². The van der Waals surface area contributed by atoms with E-state index in [4.69, 9.17) is 24.1 Å². The Morgan fingerprint density at radius 2 is 1.03 bits per heavy atom. The van der Waals surface area contributed by atoms with Crippen molar-refractivity contribution in [2.75, 3.05) is 7.11 Å². The molecule has 2 N–H and O–H groups in total. The summed E-state index contributed by atoms with van der Waals surface area (Å²) < 4.78 is 23.2. The van der Waals surface area contributed by atoms with Gasteiger partial charge in [-0.1, -0.05) is 134 Å². The molecule has 74 heavy (non-hydrogen) atoms. The van der Waals surface area contributed by atoms with Crippen molar-refractivity contribution in [3.63, 3.8) is 0 Å². The Labute approximate surface area is 472 Å². The van der Waals surface area contributed by atoms with E-state index >= 15 is 0 Å². The molecule has 7 rings (SSSR count). The lowest BCUT2D eigenvalue weighted by molar-refractivity contribution is -0.231. The van der Waals surface area contributed by atoms with Gasteiger partial charge in [0.15, 0.2) is 11.5 Å². The van der Waals surface area contributed by atoms with Gasteiger partial charge in [-0.05, 0) is 213 Å². The van der Waals surface area contributed by atoms with Crippen LogP contribution in [0, 0.1) is 55.3 Å². The van der Waals surface area contributed by atoms with Gasteiger partial charge in [-0.3, -0.25) is 14.4 Å². The Balaban J connectivity index is -0.000000205. The number of ether oxygens (including phenoxy) is 4. The predicted molar refractivity (Wildman–Crippen MR) is 329 cm³/mol. The normalized spacial score (nSPS) is 20.8. The Kier molecular flexibility index (Phi) is 38.6. The number of phenolic OH excluding ortho intramolecular Hbond substituents is 2. The molecule has 9 nitrogen and oxygen atoms in total. The summed E-state index contributed by atoms with van der Waals surface area (Å²) in [6.45, 7) is 30.9. The number of methoxy groups -OCH3 is 1. The first kappa shape index (κ1) is 82.3. The summed E-state index contributed by atoms with van der Waals surface area (Å²) in [4.78, 5) is 36.8. The fraction of sp³-hybridized carbons (Fsp3) is 0.766. The summed E-state index contributed by atoms with van der Waals surface area (Å²) >= 11 is 1.95. The van der Waals surface area contributed by atoms with E-state index < -0.39 is 5.41 Å². The number of carbonyl (C=O) groups excluding carboxylic acids is 3. The van der Waals surface area contributed by atoms with Gasteiger partial charge in [-0.2, -0.15) is 0 Å². The monoisotopic (exact) mass is 1160 g/mol. The molecule has 5 aliphatic carbocycles. The van der Waals surface area contributed by atoms with Gasteiger partial charge in [0.2, 0.25) is 0 Å². The van der Waals surface area contributed by atoms with Gasteiger partial charge < -0.3 is 29.2 Å². The molecular weight excluding hydrogens is 1040 g/mol. The van der Waals surface area contributed by atoms with Crippen LogP contribution in [-0.2, 0) is 23.9 Å². The molecule has 5 saturated carbocycles. The zero-order chi connectivity index (χ0) is 50.0. The molecule has 5 fully saturated rings. The van der Waals surface area contributed by atoms with Gasteiger partial charge in [0, 0.05) is 6.07 Å². The number of esters is 3. The minimum atomic E-state index is -0.531. The largest absolute Gasteiger partial charge is 0.508 e. The van der Waals surface area contributed by atoms with Gasteiger partial charge >= 0.3 is 17.9 Å². The molecule has 2 aromatic carbocycles. The van der Waals surface area contributed by atoms with Crippen LogP contribution in [0.1, 0.15) is 258 Å². The van der Waals surface area contributed by atoms with E-state index in [2.05, 4.69) is 48.5 Å². The van der Waals surface area contributed by atoms with E-state index in [1.807, 2.05) is 90.1 Å². The van der Waals surface area contributed by atoms with Crippen LogP contribution in [0.5, 0.6) is 23.0 Å². The fourth-order valence-corrected chi connectivity index (χ4v) is 10.6. The Morgan fingerprint density at radius 3 is 1.39 bits per heavy atom. The summed E-state index contributed by atoms with van der Waals surface area (Å²) in [6.07, 6.45) is 14.6. The fourth-order valence-electron chi connectivity index (χ4n) is 10.0. The molecule has 0 saturated heterocycles. The van der Waals surface area contributed by atoms with Crippen molar-refractivity contribution < 1.29 is 43.5 Å². The topological polar surface area (TPSA) is 129 Å². The molecule has 4 bridgehead atoms. The van der Waals surface area contributed by atoms with E-state index in [0.717, 1.165) is 43.9 Å². The molecule has 0 heterocycles.